The average molecular weight is 382 g/mol. The molecule has 27 heavy (non-hydrogen) atoms. The predicted molar refractivity (Wildman–Crippen MR) is 93.1 cm³/mol. The molecule has 2 aromatic rings. The van der Waals surface area contributed by atoms with Crippen molar-refractivity contribution in [3.8, 4) is 17.0 Å². The summed E-state index contributed by atoms with van der Waals surface area (Å²) in [5.74, 6) is -0.849. The Labute approximate surface area is 154 Å². The maximum Gasteiger partial charge on any atom is 0.343 e. The van der Waals surface area contributed by atoms with Gasteiger partial charge in [0.15, 0.2) is 0 Å². The number of hydrogen-bond acceptors (Lipinski definition) is 6. The molecule has 9 heteroatoms. The average Bonchev–Trinajstić information content (AvgIpc) is 2.59. The fourth-order valence-corrected chi connectivity index (χ4v) is 2.39. The Bertz CT molecular complexity index is 875. The van der Waals surface area contributed by atoms with Crippen LogP contribution in [0.5, 0.6) is 5.75 Å². The first-order valence-corrected chi connectivity index (χ1v) is 8.05. The lowest BCUT2D eigenvalue weighted by Crippen LogP contribution is -2.31. The molecule has 1 heterocycles. The van der Waals surface area contributed by atoms with Crippen molar-refractivity contribution in [2.75, 3.05) is 13.7 Å². The minimum atomic E-state index is -2.70. The van der Waals surface area contributed by atoms with Crippen LogP contribution >= 0.6 is 0 Å². The SMILES string of the molecule is COC(=O)c1cn(CC(C)(C)O)nc(-c2ccccc2OCC(F)F)c1=O. The number of carbonyl (C=O) groups excluding carboxylic acids is 1. The van der Waals surface area contributed by atoms with Crippen LogP contribution in [0.3, 0.4) is 0 Å². The number of ether oxygens (including phenoxy) is 2. The number of hydrogen-bond donors (Lipinski definition) is 1. The number of halogens is 2. The van der Waals surface area contributed by atoms with E-state index in [9.17, 15) is 23.5 Å². The molecule has 0 aliphatic heterocycles. The monoisotopic (exact) mass is 382 g/mol. The molecular weight excluding hydrogens is 362 g/mol. The van der Waals surface area contributed by atoms with Crippen LogP contribution in [-0.2, 0) is 11.3 Å². The lowest BCUT2D eigenvalue weighted by molar-refractivity contribution is 0.0546. The quantitative estimate of drug-likeness (QED) is 0.738. The first-order chi connectivity index (χ1) is 12.6. The van der Waals surface area contributed by atoms with Crippen LogP contribution in [0.4, 0.5) is 8.78 Å². The number of nitrogens with zero attached hydrogens (tertiary/aromatic N) is 2. The van der Waals surface area contributed by atoms with Crippen LogP contribution in [0.25, 0.3) is 11.3 Å². The number of aromatic nitrogens is 2. The Morgan fingerprint density at radius 1 is 1.33 bits per heavy atom. The Morgan fingerprint density at radius 2 is 2.00 bits per heavy atom. The highest BCUT2D eigenvalue weighted by Gasteiger charge is 2.22. The fourth-order valence-electron chi connectivity index (χ4n) is 2.39. The zero-order valence-electron chi connectivity index (χ0n) is 15.1. The van der Waals surface area contributed by atoms with Gasteiger partial charge in [0, 0.05) is 11.8 Å². The van der Waals surface area contributed by atoms with Crippen LogP contribution in [0, 0.1) is 0 Å². The molecule has 0 unspecified atom stereocenters. The van der Waals surface area contributed by atoms with Crippen LogP contribution in [0.15, 0.2) is 35.3 Å². The van der Waals surface area contributed by atoms with Gasteiger partial charge in [0.2, 0.25) is 5.43 Å². The zero-order chi connectivity index (χ0) is 20.2. The van der Waals surface area contributed by atoms with E-state index in [4.69, 9.17) is 4.74 Å². The molecule has 2 rings (SSSR count). The third kappa shape index (κ3) is 5.33. The second-order valence-corrected chi connectivity index (χ2v) is 6.42. The van der Waals surface area contributed by atoms with E-state index >= 15 is 0 Å². The number of esters is 1. The van der Waals surface area contributed by atoms with E-state index in [2.05, 4.69) is 9.84 Å². The maximum absolute atomic E-state index is 12.7. The Morgan fingerprint density at radius 3 is 2.59 bits per heavy atom. The molecule has 0 fully saturated rings. The van der Waals surface area contributed by atoms with Gasteiger partial charge in [-0.2, -0.15) is 5.10 Å². The summed E-state index contributed by atoms with van der Waals surface area (Å²) in [7, 11) is 1.13. The van der Waals surface area contributed by atoms with E-state index in [-0.39, 0.29) is 29.1 Å². The first kappa shape index (κ1) is 20.5. The molecule has 1 aromatic heterocycles. The van der Waals surface area contributed by atoms with Gasteiger partial charge >= 0.3 is 5.97 Å². The van der Waals surface area contributed by atoms with Gasteiger partial charge in [-0.3, -0.25) is 9.48 Å². The van der Waals surface area contributed by atoms with E-state index < -0.39 is 30.0 Å². The van der Waals surface area contributed by atoms with Gasteiger partial charge in [0.25, 0.3) is 6.43 Å². The summed E-state index contributed by atoms with van der Waals surface area (Å²) in [4.78, 5) is 24.7. The second-order valence-electron chi connectivity index (χ2n) is 6.42. The van der Waals surface area contributed by atoms with Crippen molar-refractivity contribution < 1.29 is 28.2 Å². The minimum Gasteiger partial charge on any atom is -0.487 e. The van der Waals surface area contributed by atoms with E-state index in [1.54, 1.807) is 12.1 Å². The third-order valence-corrected chi connectivity index (χ3v) is 3.43. The zero-order valence-corrected chi connectivity index (χ0v) is 15.1. The summed E-state index contributed by atoms with van der Waals surface area (Å²) < 4.78 is 35.9. The largest absolute Gasteiger partial charge is 0.487 e. The highest BCUT2D eigenvalue weighted by Crippen LogP contribution is 2.27. The van der Waals surface area contributed by atoms with Gasteiger partial charge in [-0.1, -0.05) is 12.1 Å². The molecule has 1 N–H and O–H groups in total. The molecular formula is C18H20F2N2O5. The molecule has 7 nitrogen and oxygen atoms in total. The molecule has 0 radical (unpaired) electrons. The third-order valence-electron chi connectivity index (χ3n) is 3.43. The van der Waals surface area contributed by atoms with Crippen LogP contribution in [0.2, 0.25) is 0 Å². The highest BCUT2D eigenvalue weighted by atomic mass is 19.3. The summed E-state index contributed by atoms with van der Waals surface area (Å²) in [6.45, 7) is 2.18. The molecule has 0 spiro atoms. The first-order valence-electron chi connectivity index (χ1n) is 8.05. The number of para-hydroxylation sites is 1. The van der Waals surface area contributed by atoms with Crippen molar-refractivity contribution in [3.63, 3.8) is 0 Å². The molecule has 0 saturated carbocycles. The Balaban J connectivity index is 2.64. The Kier molecular flexibility index (Phi) is 6.27. The van der Waals surface area contributed by atoms with Crippen molar-refractivity contribution in [2.45, 2.75) is 32.4 Å². The molecule has 146 valence electrons. The number of benzene rings is 1. The van der Waals surface area contributed by atoms with E-state index in [1.807, 2.05) is 0 Å². The molecule has 0 aliphatic rings. The van der Waals surface area contributed by atoms with E-state index in [0.29, 0.717) is 0 Å². The molecule has 0 saturated heterocycles. The normalized spacial score (nSPS) is 11.5. The number of alkyl halides is 2. The number of carbonyl (C=O) groups is 1. The minimum absolute atomic E-state index is 0.0235. The smallest absolute Gasteiger partial charge is 0.343 e. The maximum atomic E-state index is 12.7. The van der Waals surface area contributed by atoms with E-state index in [0.717, 1.165) is 7.11 Å². The van der Waals surface area contributed by atoms with Gasteiger partial charge in [-0.25, -0.2) is 13.6 Å². The molecule has 1 aromatic carbocycles. The van der Waals surface area contributed by atoms with Crippen molar-refractivity contribution >= 4 is 5.97 Å². The van der Waals surface area contributed by atoms with Crippen molar-refractivity contribution in [3.05, 3.63) is 46.2 Å². The lowest BCUT2D eigenvalue weighted by Gasteiger charge is -2.19. The molecule has 0 amide bonds. The van der Waals surface area contributed by atoms with Crippen molar-refractivity contribution in [1.29, 1.82) is 0 Å². The fraction of sp³-hybridized carbons (Fsp3) is 0.389. The molecule has 0 bridgehead atoms. The summed E-state index contributed by atoms with van der Waals surface area (Å²) >= 11 is 0. The second kappa shape index (κ2) is 8.26. The summed E-state index contributed by atoms with van der Waals surface area (Å²) in [5.41, 5.74) is -2.24. The highest BCUT2D eigenvalue weighted by molar-refractivity contribution is 5.90. The van der Waals surface area contributed by atoms with Crippen LogP contribution in [-0.4, -0.2) is 46.6 Å². The standard InChI is InChI=1S/C18H20F2N2O5/c1-18(2,25)10-22-8-12(17(24)26-3)16(23)15(21-22)11-6-4-5-7-13(11)27-9-14(19)20/h4-8,14,25H,9-10H2,1-3H3. The van der Waals surface area contributed by atoms with Gasteiger partial charge in [0.1, 0.15) is 23.6 Å². The van der Waals surface area contributed by atoms with Gasteiger partial charge in [-0.15, -0.1) is 0 Å². The lowest BCUT2D eigenvalue weighted by atomic mass is 10.1. The summed E-state index contributed by atoms with van der Waals surface area (Å²) in [5, 5.41) is 14.2. The van der Waals surface area contributed by atoms with Gasteiger partial charge in [-0.05, 0) is 26.0 Å². The topological polar surface area (TPSA) is 90.7 Å². The summed E-state index contributed by atoms with van der Waals surface area (Å²) in [6.07, 6.45) is -1.52. The molecule has 0 atom stereocenters. The van der Waals surface area contributed by atoms with Crippen LogP contribution < -0.4 is 10.2 Å². The van der Waals surface area contributed by atoms with Gasteiger partial charge in [0.05, 0.1) is 19.3 Å². The van der Waals surface area contributed by atoms with Gasteiger partial charge < -0.3 is 14.6 Å². The predicted octanol–water partition coefficient (Wildman–Crippen LogP) is 2.11. The van der Waals surface area contributed by atoms with Crippen molar-refractivity contribution in [1.82, 2.24) is 9.78 Å². The summed E-state index contributed by atoms with van der Waals surface area (Å²) in [6, 6.07) is 6.03. The number of methoxy groups -OCH3 is 1. The van der Waals surface area contributed by atoms with E-state index in [1.165, 1.54) is 36.9 Å². The van der Waals surface area contributed by atoms with Crippen LogP contribution in [0.1, 0.15) is 24.2 Å². The number of aliphatic hydroxyl groups is 1. The Hall–Kier alpha value is -2.81. The molecule has 0 aliphatic carbocycles. The number of rotatable bonds is 7. The van der Waals surface area contributed by atoms with Crippen molar-refractivity contribution in [2.24, 2.45) is 0 Å².